The molecule has 0 radical (unpaired) electrons. The summed E-state index contributed by atoms with van der Waals surface area (Å²) in [5.74, 6) is -2.71. The van der Waals surface area contributed by atoms with Crippen LogP contribution in [0, 0.1) is 10.1 Å². The minimum atomic E-state index is -2.71. The van der Waals surface area contributed by atoms with E-state index in [0.29, 0.717) is 5.56 Å². The Morgan fingerprint density at radius 1 is 1.25 bits per heavy atom. The van der Waals surface area contributed by atoms with Gasteiger partial charge in [0, 0.05) is 25.0 Å². The van der Waals surface area contributed by atoms with E-state index < -0.39 is 29.2 Å². The van der Waals surface area contributed by atoms with Gasteiger partial charge in [-0.15, -0.1) is 0 Å². The minimum Gasteiger partial charge on any atom is -0.321 e. The molecule has 0 bridgehead atoms. The maximum atomic E-state index is 12.7. The van der Waals surface area contributed by atoms with Crippen molar-refractivity contribution in [3.63, 3.8) is 0 Å². The van der Waals surface area contributed by atoms with Gasteiger partial charge in [-0.2, -0.15) is 0 Å². The van der Waals surface area contributed by atoms with Crippen molar-refractivity contribution in [3.8, 4) is 0 Å². The van der Waals surface area contributed by atoms with Crippen LogP contribution in [0.3, 0.4) is 0 Å². The number of nitro benzene ring substituents is 1. The van der Waals surface area contributed by atoms with E-state index in [1.54, 1.807) is 0 Å². The SMILES string of the molecule is NC1(c2ccc([N+](=O)[O-])cc2)CC(F)(F)C1. The highest BCUT2D eigenvalue weighted by Crippen LogP contribution is 2.49. The third-order valence-corrected chi connectivity index (χ3v) is 2.80. The van der Waals surface area contributed by atoms with Crippen molar-refractivity contribution in [1.29, 1.82) is 0 Å². The van der Waals surface area contributed by atoms with Crippen molar-refractivity contribution in [2.75, 3.05) is 0 Å². The largest absolute Gasteiger partial charge is 0.321 e. The number of halogens is 2. The maximum Gasteiger partial charge on any atom is 0.269 e. The molecular weight excluding hydrogens is 218 g/mol. The highest BCUT2D eigenvalue weighted by atomic mass is 19.3. The average molecular weight is 228 g/mol. The highest BCUT2D eigenvalue weighted by molar-refractivity contribution is 5.37. The summed E-state index contributed by atoms with van der Waals surface area (Å²) in [5.41, 5.74) is 5.18. The van der Waals surface area contributed by atoms with Gasteiger partial charge in [-0.25, -0.2) is 8.78 Å². The number of rotatable bonds is 2. The first-order valence-electron chi connectivity index (χ1n) is 4.74. The van der Waals surface area contributed by atoms with E-state index in [2.05, 4.69) is 0 Å². The Kier molecular flexibility index (Phi) is 2.20. The molecular formula is C10H10F2N2O2. The normalized spacial score (nSPS) is 21.2. The van der Waals surface area contributed by atoms with Gasteiger partial charge in [-0.1, -0.05) is 12.1 Å². The van der Waals surface area contributed by atoms with E-state index in [9.17, 15) is 18.9 Å². The van der Waals surface area contributed by atoms with Gasteiger partial charge in [0.05, 0.1) is 10.5 Å². The molecule has 0 saturated heterocycles. The smallest absolute Gasteiger partial charge is 0.269 e. The number of nitrogens with two attached hydrogens (primary N) is 1. The van der Waals surface area contributed by atoms with Crippen molar-refractivity contribution >= 4 is 5.69 Å². The second kappa shape index (κ2) is 3.21. The molecule has 2 rings (SSSR count). The number of non-ortho nitro benzene ring substituents is 1. The fourth-order valence-electron chi connectivity index (χ4n) is 1.99. The molecule has 2 N–H and O–H groups in total. The standard InChI is InChI=1S/C10H10F2N2O2/c11-10(12)5-9(13,6-10)7-1-3-8(4-2-7)14(15)16/h1-4H,5-6,13H2. The molecule has 6 heteroatoms. The minimum absolute atomic E-state index is 0.0709. The van der Waals surface area contributed by atoms with Gasteiger partial charge in [-0.3, -0.25) is 10.1 Å². The molecule has 0 heterocycles. The van der Waals surface area contributed by atoms with Crippen LogP contribution >= 0.6 is 0 Å². The molecule has 0 spiro atoms. The number of benzene rings is 1. The molecule has 1 aliphatic carbocycles. The molecule has 0 aliphatic heterocycles. The van der Waals surface area contributed by atoms with E-state index in [0.717, 1.165) is 0 Å². The van der Waals surface area contributed by atoms with Gasteiger partial charge in [-0.05, 0) is 5.56 Å². The predicted molar refractivity (Wildman–Crippen MR) is 53.1 cm³/mol. The van der Waals surface area contributed by atoms with Gasteiger partial charge in [0.25, 0.3) is 11.6 Å². The molecule has 0 unspecified atom stereocenters. The summed E-state index contributed by atoms with van der Waals surface area (Å²) < 4.78 is 25.5. The number of nitro groups is 1. The molecule has 0 atom stereocenters. The zero-order valence-electron chi connectivity index (χ0n) is 8.32. The summed E-state index contributed by atoms with van der Waals surface area (Å²) >= 11 is 0. The number of alkyl halides is 2. The lowest BCUT2D eigenvalue weighted by Gasteiger charge is -2.44. The number of hydrogen-bond donors (Lipinski definition) is 1. The van der Waals surface area contributed by atoms with Gasteiger partial charge in [0.15, 0.2) is 0 Å². The number of nitrogens with zero attached hydrogens (tertiary/aromatic N) is 1. The third-order valence-electron chi connectivity index (χ3n) is 2.80. The number of hydrogen-bond acceptors (Lipinski definition) is 3. The Morgan fingerprint density at radius 2 is 1.75 bits per heavy atom. The molecule has 4 nitrogen and oxygen atoms in total. The zero-order chi connectivity index (χ0) is 12.0. The van der Waals surface area contributed by atoms with Crippen LogP contribution in [0.25, 0.3) is 0 Å². The fourth-order valence-corrected chi connectivity index (χ4v) is 1.99. The predicted octanol–water partition coefficient (Wildman–Crippen LogP) is 2.18. The van der Waals surface area contributed by atoms with Gasteiger partial charge >= 0.3 is 0 Å². The quantitative estimate of drug-likeness (QED) is 0.623. The molecule has 86 valence electrons. The highest BCUT2D eigenvalue weighted by Gasteiger charge is 2.55. The Labute approximate surface area is 90.2 Å². The van der Waals surface area contributed by atoms with Gasteiger partial charge in [0.1, 0.15) is 0 Å². The maximum absolute atomic E-state index is 12.7. The van der Waals surface area contributed by atoms with Crippen molar-refractivity contribution < 1.29 is 13.7 Å². The zero-order valence-corrected chi connectivity index (χ0v) is 8.32. The Morgan fingerprint density at radius 3 is 2.12 bits per heavy atom. The first kappa shape index (κ1) is 10.9. The van der Waals surface area contributed by atoms with Crippen LogP contribution in [0.5, 0.6) is 0 Å². The van der Waals surface area contributed by atoms with E-state index in [4.69, 9.17) is 5.73 Å². The summed E-state index contributed by atoms with van der Waals surface area (Å²) in [6.45, 7) is 0. The lowest BCUT2D eigenvalue weighted by molar-refractivity contribution is -0.384. The van der Waals surface area contributed by atoms with Crippen LogP contribution in [-0.4, -0.2) is 10.8 Å². The first-order valence-corrected chi connectivity index (χ1v) is 4.74. The van der Waals surface area contributed by atoms with Crippen LogP contribution in [0.1, 0.15) is 18.4 Å². The van der Waals surface area contributed by atoms with Crippen LogP contribution in [-0.2, 0) is 5.54 Å². The van der Waals surface area contributed by atoms with Crippen molar-refractivity contribution in [3.05, 3.63) is 39.9 Å². The molecule has 1 saturated carbocycles. The molecule has 0 amide bonds. The third kappa shape index (κ3) is 1.76. The summed E-state index contributed by atoms with van der Waals surface area (Å²) in [6.07, 6.45) is -0.810. The average Bonchev–Trinajstić information content (AvgIpc) is 2.14. The van der Waals surface area contributed by atoms with Gasteiger partial charge in [0.2, 0.25) is 0 Å². The van der Waals surface area contributed by atoms with E-state index in [1.165, 1.54) is 24.3 Å². The fraction of sp³-hybridized carbons (Fsp3) is 0.400. The second-order valence-corrected chi connectivity index (χ2v) is 4.17. The van der Waals surface area contributed by atoms with Crippen LogP contribution in [0.15, 0.2) is 24.3 Å². The molecule has 1 aliphatic rings. The van der Waals surface area contributed by atoms with E-state index in [1.807, 2.05) is 0 Å². The van der Waals surface area contributed by atoms with Crippen molar-refractivity contribution in [1.82, 2.24) is 0 Å². The second-order valence-electron chi connectivity index (χ2n) is 4.17. The topological polar surface area (TPSA) is 69.2 Å². The molecule has 0 aromatic heterocycles. The van der Waals surface area contributed by atoms with Crippen LogP contribution in [0.4, 0.5) is 14.5 Å². The lowest BCUT2D eigenvalue weighted by Crippen LogP contribution is -2.55. The molecule has 1 fully saturated rings. The van der Waals surface area contributed by atoms with Crippen molar-refractivity contribution in [2.45, 2.75) is 24.3 Å². The first-order chi connectivity index (χ1) is 7.32. The van der Waals surface area contributed by atoms with Crippen molar-refractivity contribution in [2.24, 2.45) is 5.73 Å². The van der Waals surface area contributed by atoms with Crippen LogP contribution in [0.2, 0.25) is 0 Å². The Hall–Kier alpha value is -1.56. The Bertz CT molecular complexity index is 423. The molecule has 16 heavy (non-hydrogen) atoms. The molecule has 1 aromatic carbocycles. The summed E-state index contributed by atoms with van der Waals surface area (Å²) in [6, 6.07) is 5.43. The summed E-state index contributed by atoms with van der Waals surface area (Å²) in [7, 11) is 0. The molecule has 1 aromatic rings. The Balaban J connectivity index is 2.20. The summed E-state index contributed by atoms with van der Waals surface area (Å²) in [5, 5.41) is 10.4. The lowest BCUT2D eigenvalue weighted by atomic mass is 9.70. The van der Waals surface area contributed by atoms with E-state index in [-0.39, 0.29) is 5.69 Å². The van der Waals surface area contributed by atoms with Crippen LogP contribution < -0.4 is 5.73 Å². The van der Waals surface area contributed by atoms with E-state index >= 15 is 0 Å². The van der Waals surface area contributed by atoms with Gasteiger partial charge < -0.3 is 5.73 Å². The summed E-state index contributed by atoms with van der Waals surface area (Å²) in [4.78, 5) is 9.86. The monoisotopic (exact) mass is 228 g/mol.